The van der Waals surface area contributed by atoms with E-state index >= 15 is 0 Å². The number of piperazine rings is 1. The Morgan fingerprint density at radius 2 is 1.79 bits per heavy atom. The van der Waals surface area contributed by atoms with Crippen LogP contribution in [0.1, 0.15) is 31.1 Å². The van der Waals surface area contributed by atoms with E-state index in [1.165, 1.54) is 0 Å². The number of rotatable bonds is 5. The molecule has 1 aliphatic heterocycles. The molecule has 1 heterocycles. The zero-order valence-corrected chi connectivity index (χ0v) is 14.7. The first-order valence-electron chi connectivity index (χ1n) is 8.45. The fourth-order valence-electron chi connectivity index (χ4n) is 2.47. The summed E-state index contributed by atoms with van der Waals surface area (Å²) in [6.07, 6.45) is -0.311. The minimum absolute atomic E-state index is 0.0338. The molecule has 0 atom stereocenters. The summed E-state index contributed by atoms with van der Waals surface area (Å²) in [5, 5.41) is 0. The molecule has 0 radical (unpaired) electrons. The average Bonchev–Trinajstić information content (AvgIpc) is 2.60. The quantitative estimate of drug-likeness (QED) is 0.830. The van der Waals surface area contributed by atoms with E-state index < -0.39 is 0 Å². The molecule has 1 aliphatic rings. The van der Waals surface area contributed by atoms with Gasteiger partial charge in [-0.15, -0.1) is 0 Å². The Hall–Kier alpha value is -2.24. The number of amides is 2. The SMILES string of the molecule is CCOC(=O)N1CCN(C(=O)c2cccc(OCC(C)C)c2)CC1. The summed E-state index contributed by atoms with van der Waals surface area (Å²) in [5.41, 5.74) is 0.612. The van der Waals surface area contributed by atoms with Gasteiger partial charge in [0.05, 0.1) is 13.2 Å². The fraction of sp³-hybridized carbons (Fsp3) is 0.556. The van der Waals surface area contributed by atoms with Crippen LogP contribution >= 0.6 is 0 Å². The first-order chi connectivity index (χ1) is 11.5. The standard InChI is InChI=1S/C18H26N2O4/c1-4-23-18(22)20-10-8-19(9-11-20)17(21)15-6-5-7-16(12-15)24-13-14(2)3/h5-7,12,14H,4,8-11,13H2,1-3H3. The molecule has 6 heteroatoms. The highest BCUT2D eigenvalue weighted by Crippen LogP contribution is 2.17. The van der Waals surface area contributed by atoms with Crippen LogP contribution < -0.4 is 4.74 Å². The zero-order chi connectivity index (χ0) is 17.5. The molecular formula is C18H26N2O4. The predicted molar refractivity (Wildman–Crippen MR) is 91.3 cm³/mol. The molecule has 0 saturated carbocycles. The number of ether oxygens (including phenoxy) is 2. The second kappa shape index (κ2) is 8.57. The van der Waals surface area contributed by atoms with Crippen LogP contribution in [0.25, 0.3) is 0 Å². The van der Waals surface area contributed by atoms with E-state index in [4.69, 9.17) is 9.47 Å². The van der Waals surface area contributed by atoms with E-state index in [1.54, 1.807) is 28.9 Å². The van der Waals surface area contributed by atoms with Gasteiger partial charge in [0.25, 0.3) is 5.91 Å². The van der Waals surface area contributed by atoms with Gasteiger partial charge in [-0.25, -0.2) is 4.79 Å². The monoisotopic (exact) mass is 334 g/mol. The van der Waals surface area contributed by atoms with Gasteiger partial charge >= 0.3 is 6.09 Å². The lowest BCUT2D eigenvalue weighted by molar-refractivity contribution is 0.0570. The molecule has 1 aromatic rings. The molecule has 0 aromatic heterocycles. The number of carbonyl (C=O) groups excluding carboxylic acids is 2. The van der Waals surface area contributed by atoms with Gasteiger partial charge in [0.15, 0.2) is 0 Å². The largest absolute Gasteiger partial charge is 0.493 e. The van der Waals surface area contributed by atoms with Gasteiger partial charge < -0.3 is 19.3 Å². The first kappa shape index (κ1) is 18.1. The van der Waals surface area contributed by atoms with Crippen molar-refractivity contribution in [2.24, 2.45) is 5.92 Å². The first-order valence-corrected chi connectivity index (χ1v) is 8.45. The Labute approximate surface area is 143 Å². The minimum atomic E-state index is -0.311. The Kier molecular flexibility index (Phi) is 6.46. The van der Waals surface area contributed by atoms with E-state index in [0.29, 0.717) is 56.6 Å². The summed E-state index contributed by atoms with van der Waals surface area (Å²) in [5.74, 6) is 1.11. The Bertz CT molecular complexity index is 566. The summed E-state index contributed by atoms with van der Waals surface area (Å²) >= 11 is 0. The highest BCUT2D eigenvalue weighted by atomic mass is 16.6. The second-order valence-electron chi connectivity index (χ2n) is 6.21. The molecule has 1 aromatic carbocycles. The molecule has 2 rings (SSSR count). The molecule has 0 unspecified atom stereocenters. The zero-order valence-electron chi connectivity index (χ0n) is 14.7. The number of hydrogen-bond donors (Lipinski definition) is 0. The molecule has 0 N–H and O–H groups in total. The molecule has 6 nitrogen and oxygen atoms in total. The number of carbonyl (C=O) groups is 2. The van der Waals surface area contributed by atoms with Crippen molar-refractivity contribution in [3.63, 3.8) is 0 Å². The second-order valence-corrected chi connectivity index (χ2v) is 6.21. The summed E-state index contributed by atoms with van der Waals surface area (Å²) in [6, 6.07) is 7.26. The van der Waals surface area contributed by atoms with Crippen molar-refractivity contribution in [1.82, 2.24) is 9.80 Å². The van der Waals surface area contributed by atoms with Crippen molar-refractivity contribution < 1.29 is 19.1 Å². The van der Waals surface area contributed by atoms with Gasteiger partial charge in [0, 0.05) is 31.7 Å². The smallest absolute Gasteiger partial charge is 0.409 e. The van der Waals surface area contributed by atoms with Crippen LogP contribution in [-0.2, 0) is 4.74 Å². The topological polar surface area (TPSA) is 59.1 Å². The van der Waals surface area contributed by atoms with E-state index in [-0.39, 0.29) is 12.0 Å². The number of hydrogen-bond acceptors (Lipinski definition) is 4. The van der Waals surface area contributed by atoms with Gasteiger partial charge in [-0.1, -0.05) is 19.9 Å². The van der Waals surface area contributed by atoms with Crippen molar-refractivity contribution in [1.29, 1.82) is 0 Å². The molecule has 2 amide bonds. The van der Waals surface area contributed by atoms with E-state index in [0.717, 1.165) is 0 Å². The lowest BCUT2D eigenvalue weighted by Gasteiger charge is -2.34. The van der Waals surface area contributed by atoms with Crippen LogP contribution in [0.3, 0.4) is 0 Å². The molecule has 1 fully saturated rings. The Morgan fingerprint density at radius 1 is 1.12 bits per heavy atom. The predicted octanol–water partition coefficient (Wildman–Crippen LogP) is 2.64. The van der Waals surface area contributed by atoms with Crippen molar-refractivity contribution in [3.8, 4) is 5.75 Å². The normalized spacial score (nSPS) is 14.7. The molecule has 132 valence electrons. The van der Waals surface area contributed by atoms with Gasteiger partial charge in [-0.05, 0) is 31.0 Å². The van der Waals surface area contributed by atoms with Gasteiger partial charge in [0.2, 0.25) is 0 Å². The van der Waals surface area contributed by atoms with Crippen molar-refractivity contribution in [3.05, 3.63) is 29.8 Å². The lowest BCUT2D eigenvalue weighted by atomic mass is 10.1. The van der Waals surface area contributed by atoms with Crippen molar-refractivity contribution in [2.75, 3.05) is 39.4 Å². The number of benzene rings is 1. The van der Waals surface area contributed by atoms with Crippen LogP contribution in [0.15, 0.2) is 24.3 Å². The van der Waals surface area contributed by atoms with Gasteiger partial charge in [0.1, 0.15) is 5.75 Å². The lowest BCUT2D eigenvalue weighted by Crippen LogP contribution is -2.50. The summed E-state index contributed by atoms with van der Waals surface area (Å²) in [6.45, 7) is 8.94. The maximum Gasteiger partial charge on any atom is 0.409 e. The average molecular weight is 334 g/mol. The van der Waals surface area contributed by atoms with Gasteiger partial charge in [-0.2, -0.15) is 0 Å². The van der Waals surface area contributed by atoms with Crippen LogP contribution in [0.2, 0.25) is 0 Å². The van der Waals surface area contributed by atoms with E-state index in [2.05, 4.69) is 13.8 Å². The molecule has 0 spiro atoms. The van der Waals surface area contributed by atoms with E-state index in [1.807, 2.05) is 12.1 Å². The van der Waals surface area contributed by atoms with E-state index in [9.17, 15) is 9.59 Å². The molecule has 24 heavy (non-hydrogen) atoms. The molecule has 0 aliphatic carbocycles. The van der Waals surface area contributed by atoms with Crippen molar-refractivity contribution in [2.45, 2.75) is 20.8 Å². The third-order valence-corrected chi connectivity index (χ3v) is 3.76. The summed E-state index contributed by atoms with van der Waals surface area (Å²) < 4.78 is 10.7. The van der Waals surface area contributed by atoms with Crippen LogP contribution in [0, 0.1) is 5.92 Å². The third-order valence-electron chi connectivity index (χ3n) is 3.76. The summed E-state index contributed by atoms with van der Waals surface area (Å²) in [4.78, 5) is 27.7. The third kappa shape index (κ3) is 4.88. The summed E-state index contributed by atoms with van der Waals surface area (Å²) in [7, 11) is 0. The molecule has 1 saturated heterocycles. The molecular weight excluding hydrogens is 308 g/mol. The fourth-order valence-corrected chi connectivity index (χ4v) is 2.47. The van der Waals surface area contributed by atoms with Gasteiger partial charge in [-0.3, -0.25) is 4.79 Å². The maximum atomic E-state index is 12.6. The van der Waals surface area contributed by atoms with Crippen molar-refractivity contribution >= 4 is 12.0 Å². The highest BCUT2D eigenvalue weighted by Gasteiger charge is 2.25. The minimum Gasteiger partial charge on any atom is -0.493 e. The highest BCUT2D eigenvalue weighted by molar-refractivity contribution is 5.94. The van der Waals surface area contributed by atoms with Crippen LogP contribution in [0.4, 0.5) is 4.79 Å². The molecule has 0 bridgehead atoms. The van der Waals surface area contributed by atoms with Crippen LogP contribution in [-0.4, -0.2) is 61.2 Å². The Morgan fingerprint density at radius 3 is 2.42 bits per heavy atom. The van der Waals surface area contributed by atoms with Crippen LogP contribution in [0.5, 0.6) is 5.75 Å². The maximum absolute atomic E-state index is 12.6. The number of nitrogens with zero attached hydrogens (tertiary/aromatic N) is 2. The Balaban J connectivity index is 1.93.